The Morgan fingerprint density at radius 1 is 1.33 bits per heavy atom. The fourth-order valence-corrected chi connectivity index (χ4v) is 3.10. The van der Waals surface area contributed by atoms with Crippen LogP contribution in [0.2, 0.25) is 0 Å². The molecule has 4 nitrogen and oxygen atoms in total. The molecule has 0 radical (unpaired) electrons. The first-order valence-corrected chi connectivity index (χ1v) is 7.24. The molecule has 18 heavy (non-hydrogen) atoms. The standard InChI is InChI=1S/C14H26N2O2/c1-10-8-12(4-5-13(10)15)14(17)16-6-3-7-18-11(2)9-16/h10-13H,3-9,15H2,1-2H3. The van der Waals surface area contributed by atoms with Crippen LogP contribution >= 0.6 is 0 Å². The molecule has 2 N–H and O–H groups in total. The van der Waals surface area contributed by atoms with Crippen molar-refractivity contribution < 1.29 is 9.53 Å². The van der Waals surface area contributed by atoms with Crippen LogP contribution < -0.4 is 5.73 Å². The van der Waals surface area contributed by atoms with E-state index in [9.17, 15) is 4.79 Å². The normalized spacial score (nSPS) is 38.3. The van der Waals surface area contributed by atoms with Crippen molar-refractivity contribution in [3.05, 3.63) is 0 Å². The molecule has 2 rings (SSSR count). The monoisotopic (exact) mass is 254 g/mol. The highest BCUT2D eigenvalue weighted by molar-refractivity contribution is 5.79. The molecule has 4 atom stereocenters. The van der Waals surface area contributed by atoms with Gasteiger partial charge in [0.2, 0.25) is 5.91 Å². The van der Waals surface area contributed by atoms with Crippen molar-refractivity contribution in [3.8, 4) is 0 Å². The lowest BCUT2D eigenvalue weighted by molar-refractivity contribution is -0.137. The second-order valence-electron chi connectivity index (χ2n) is 5.97. The second kappa shape index (κ2) is 6.02. The van der Waals surface area contributed by atoms with Crippen molar-refractivity contribution >= 4 is 5.91 Å². The van der Waals surface area contributed by atoms with Gasteiger partial charge in [0.15, 0.2) is 0 Å². The maximum absolute atomic E-state index is 12.5. The van der Waals surface area contributed by atoms with Crippen molar-refractivity contribution in [1.82, 2.24) is 4.90 Å². The zero-order valence-corrected chi connectivity index (χ0v) is 11.6. The summed E-state index contributed by atoms with van der Waals surface area (Å²) in [5.74, 6) is 0.976. The number of hydrogen-bond acceptors (Lipinski definition) is 3. The summed E-state index contributed by atoms with van der Waals surface area (Å²) < 4.78 is 5.59. The maximum Gasteiger partial charge on any atom is 0.225 e. The van der Waals surface area contributed by atoms with E-state index in [-0.39, 0.29) is 18.1 Å². The number of carbonyl (C=O) groups excluding carboxylic acids is 1. The van der Waals surface area contributed by atoms with Gasteiger partial charge in [0.1, 0.15) is 0 Å². The Morgan fingerprint density at radius 2 is 2.11 bits per heavy atom. The molecule has 0 aromatic rings. The Labute approximate surface area is 110 Å². The van der Waals surface area contributed by atoms with E-state index in [0.717, 1.165) is 45.4 Å². The summed E-state index contributed by atoms with van der Waals surface area (Å²) in [5.41, 5.74) is 6.02. The van der Waals surface area contributed by atoms with Crippen LogP contribution in [0.4, 0.5) is 0 Å². The third-order valence-corrected chi connectivity index (χ3v) is 4.35. The van der Waals surface area contributed by atoms with Crippen LogP contribution in [0.15, 0.2) is 0 Å². The summed E-state index contributed by atoms with van der Waals surface area (Å²) in [6, 6.07) is 0.278. The summed E-state index contributed by atoms with van der Waals surface area (Å²) in [6.07, 6.45) is 4.01. The van der Waals surface area contributed by atoms with Gasteiger partial charge in [-0.1, -0.05) is 6.92 Å². The highest BCUT2D eigenvalue weighted by Gasteiger charge is 2.32. The first-order valence-electron chi connectivity index (χ1n) is 7.24. The minimum Gasteiger partial charge on any atom is -0.377 e. The zero-order chi connectivity index (χ0) is 13.1. The Hall–Kier alpha value is -0.610. The van der Waals surface area contributed by atoms with Gasteiger partial charge < -0.3 is 15.4 Å². The summed E-state index contributed by atoms with van der Waals surface area (Å²) in [5, 5.41) is 0. The second-order valence-corrected chi connectivity index (χ2v) is 5.97. The smallest absolute Gasteiger partial charge is 0.225 e. The first-order chi connectivity index (χ1) is 8.58. The third kappa shape index (κ3) is 3.23. The predicted molar refractivity (Wildman–Crippen MR) is 71.1 cm³/mol. The summed E-state index contributed by atoms with van der Waals surface area (Å²) in [6.45, 7) is 6.58. The molecule has 4 unspecified atom stereocenters. The maximum atomic E-state index is 12.5. The Bertz CT molecular complexity index is 296. The topological polar surface area (TPSA) is 55.6 Å². The van der Waals surface area contributed by atoms with Crippen LogP contribution in [0.5, 0.6) is 0 Å². The molecule has 0 aromatic carbocycles. The van der Waals surface area contributed by atoms with E-state index < -0.39 is 0 Å². The van der Waals surface area contributed by atoms with Gasteiger partial charge in [0.25, 0.3) is 0 Å². The number of nitrogens with two attached hydrogens (primary N) is 1. The van der Waals surface area contributed by atoms with Gasteiger partial charge in [0.05, 0.1) is 6.10 Å². The average Bonchev–Trinajstić information content (AvgIpc) is 2.56. The molecule has 2 aliphatic rings. The molecule has 1 aliphatic heterocycles. The van der Waals surface area contributed by atoms with E-state index in [1.165, 1.54) is 0 Å². The van der Waals surface area contributed by atoms with Gasteiger partial charge in [0, 0.05) is 31.7 Å². The molecule has 0 aromatic heterocycles. The lowest BCUT2D eigenvalue weighted by atomic mass is 9.78. The SMILES string of the molecule is CC1CN(C(=O)C2CCC(N)C(C)C2)CCCO1. The fraction of sp³-hybridized carbons (Fsp3) is 0.929. The van der Waals surface area contributed by atoms with E-state index in [4.69, 9.17) is 10.5 Å². The quantitative estimate of drug-likeness (QED) is 0.769. The number of carbonyl (C=O) groups is 1. The highest BCUT2D eigenvalue weighted by Crippen LogP contribution is 2.29. The molecule has 4 heteroatoms. The molecule has 0 spiro atoms. The van der Waals surface area contributed by atoms with E-state index in [2.05, 4.69) is 6.92 Å². The zero-order valence-electron chi connectivity index (χ0n) is 11.6. The molecule has 1 heterocycles. The van der Waals surface area contributed by atoms with Crippen molar-refractivity contribution in [1.29, 1.82) is 0 Å². The first kappa shape index (κ1) is 13.8. The van der Waals surface area contributed by atoms with Gasteiger partial charge in [-0.2, -0.15) is 0 Å². The minimum atomic E-state index is 0.166. The molecule has 1 aliphatic carbocycles. The predicted octanol–water partition coefficient (Wildman–Crippen LogP) is 1.39. The van der Waals surface area contributed by atoms with Gasteiger partial charge in [-0.05, 0) is 38.5 Å². The number of hydrogen-bond donors (Lipinski definition) is 1. The van der Waals surface area contributed by atoms with Crippen LogP contribution in [0.25, 0.3) is 0 Å². The molecular weight excluding hydrogens is 228 g/mol. The van der Waals surface area contributed by atoms with Gasteiger partial charge in [-0.15, -0.1) is 0 Å². The largest absolute Gasteiger partial charge is 0.377 e. The molecule has 2 fully saturated rings. The summed E-state index contributed by atoms with van der Waals surface area (Å²) >= 11 is 0. The summed E-state index contributed by atoms with van der Waals surface area (Å²) in [4.78, 5) is 14.5. The van der Waals surface area contributed by atoms with Crippen molar-refractivity contribution in [2.45, 2.75) is 51.7 Å². The highest BCUT2D eigenvalue weighted by atomic mass is 16.5. The molecule has 1 saturated heterocycles. The van der Waals surface area contributed by atoms with E-state index in [1.54, 1.807) is 0 Å². The third-order valence-electron chi connectivity index (χ3n) is 4.35. The van der Waals surface area contributed by atoms with Crippen molar-refractivity contribution in [3.63, 3.8) is 0 Å². The van der Waals surface area contributed by atoms with E-state index in [0.29, 0.717) is 11.8 Å². The number of amides is 1. The van der Waals surface area contributed by atoms with E-state index in [1.807, 2.05) is 11.8 Å². The Kier molecular flexibility index (Phi) is 4.62. The van der Waals surface area contributed by atoms with Crippen molar-refractivity contribution in [2.75, 3.05) is 19.7 Å². The fourth-order valence-electron chi connectivity index (χ4n) is 3.10. The van der Waals surface area contributed by atoms with Gasteiger partial charge >= 0.3 is 0 Å². The average molecular weight is 254 g/mol. The van der Waals surface area contributed by atoms with Crippen LogP contribution in [0, 0.1) is 11.8 Å². The number of rotatable bonds is 1. The van der Waals surface area contributed by atoms with Crippen LogP contribution in [-0.4, -0.2) is 42.6 Å². The van der Waals surface area contributed by atoms with Crippen LogP contribution in [0.3, 0.4) is 0 Å². The number of nitrogens with zero attached hydrogens (tertiary/aromatic N) is 1. The van der Waals surface area contributed by atoms with Crippen LogP contribution in [-0.2, 0) is 9.53 Å². The molecule has 104 valence electrons. The summed E-state index contributed by atoms with van der Waals surface area (Å²) in [7, 11) is 0. The van der Waals surface area contributed by atoms with Gasteiger partial charge in [-0.25, -0.2) is 0 Å². The molecular formula is C14H26N2O2. The Morgan fingerprint density at radius 3 is 2.83 bits per heavy atom. The molecule has 1 amide bonds. The molecule has 0 bridgehead atoms. The Balaban J connectivity index is 1.93. The van der Waals surface area contributed by atoms with Gasteiger partial charge in [-0.3, -0.25) is 4.79 Å². The minimum absolute atomic E-state index is 0.166. The van der Waals surface area contributed by atoms with Crippen LogP contribution in [0.1, 0.15) is 39.5 Å². The lowest BCUT2D eigenvalue weighted by Gasteiger charge is -2.34. The lowest BCUT2D eigenvalue weighted by Crippen LogP contribution is -2.44. The number of ether oxygens (including phenoxy) is 1. The molecule has 1 saturated carbocycles. The van der Waals surface area contributed by atoms with Crippen molar-refractivity contribution in [2.24, 2.45) is 17.6 Å². The van der Waals surface area contributed by atoms with E-state index >= 15 is 0 Å².